The molecular formula is C11H13KO5. The van der Waals surface area contributed by atoms with E-state index in [1.165, 1.54) is 38.1 Å². The van der Waals surface area contributed by atoms with Crippen LogP contribution in [0.15, 0.2) is 24.3 Å². The molecule has 0 bridgehead atoms. The number of carboxylic acid groups (broad SMARTS) is 2. The normalized spacial score (nSPS) is 8.12. The monoisotopic (exact) mass is 264 g/mol. The van der Waals surface area contributed by atoms with Gasteiger partial charge in [-0.1, -0.05) is 12.1 Å². The van der Waals surface area contributed by atoms with Crippen LogP contribution in [-0.2, 0) is 4.79 Å². The first-order chi connectivity index (χ1) is 7.36. The SMILES string of the molecule is CC(C)=O.O=C(O)c1ccccc1C(=O)O.[H-].[K+]. The third-order valence-corrected chi connectivity index (χ3v) is 1.39. The molecule has 2 N–H and O–H groups in total. The molecule has 0 aliphatic carbocycles. The first-order valence-corrected chi connectivity index (χ1v) is 4.39. The summed E-state index contributed by atoms with van der Waals surface area (Å²) in [5.74, 6) is -2.29. The van der Waals surface area contributed by atoms with Gasteiger partial charge < -0.3 is 16.4 Å². The molecule has 0 heterocycles. The Labute approximate surface area is 143 Å². The maximum absolute atomic E-state index is 10.5. The molecule has 0 saturated carbocycles. The Balaban J connectivity index is -0.000000332. The molecule has 0 fully saturated rings. The van der Waals surface area contributed by atoms with E-state index < -0.39 is 11.9 Å². The minimum Gasteiger partial charge on any atom is -1.00 e. The molecule has 0 amide bonds. The van der Waals surface area contributed by atoms with Crippen molar-refractivity contribution < 1.29 is 77.4 Å². The quantitative estimate of drug-likeness (QED) is 0.654. The molecule has 17 heavy (non-hydrogen) atoms. The Morgan fingerprint density at radius 2 is 1.18 bits per heavy atom. The molecule has 0 aromatic heterocycles. The average molecular weight is 264 g/mol. The molecule has 0 atom stereocenters. The molecule has 1 aromatic carbocycles. The van der Waals surface area contributed by atoms with E-state index in [-0.39, 0.29) is 69.7 Å². The standard InChI is InChI=1S/C8H6O4.C3H6O.K.H/c9-7(10)5-3-1-2-4-6(5)8(11)12;1-3(2)4;;/h1-4H,(H,9,10)(H,11,12);1-2H3;;/q;;+1;-1. The third kappa shape index (κ3) is 8.22. The summed E-state index contributed by atoms with van der Waals surface area (Å²) in [6, 6.07) is 5.48. The van der Waals surface area contributed by atoms with Crippen LogP contribution in [0.5, 0.6) is 0 Å². The van der Waals surface area contributed by atoms with Crippen LogP contribution in [0.25, 0.3) is 0 Å². The molecule has 6 heteroatoms. The predicted octanol–water partition coefficient (Wildman–Crippen LogP) is -1.21. The molecule has 0 radical (unpaired) electrons. The summed E-state index contributed by atoms with van der Waals surface area (Å²) in [4.78, 5) is 30.4. The van der Waals surface area contributed by atoms with Gasteiger partial charge in [-0.05, 0) is 26.0 Å². The van der Waals surface area contributed by atoms with Crippen LogP contribution in [0.3, 0.4) is 0 Å². The van der Waals surface area contributed by atoms with Gasteiger partial charge in [0.15, 0.2) is 0 Å². The fourth-order valence-corrected chi connectivity index (χ4v) is 0.856. The van der Waals surface area contributed by atoms with E-state index in [1.54, 1.807) is 0 Å². The number of aromatic carboxylic acids is 2. The van der Waals surface area contributed by atoms with Crippen molar-refractivity contribution in [3.05, 3.63) is 35.4 Å². The number of carbonyl (C=O) groups is 3. The first-order valence-electron chi connectivity index (χ1n) is 4.39. The maximum Gasteiger partial charge on any atom is 1.00 e. The van der Waals surface area contributed by atoms with E-state index >= 15 is 0 Å². The van der Waals surface area contributed by atoms with Gasteiger partial charge in [0.1, 0.15) is 5.78 Å². The van der Waals surface area contributed by atoms with Gasteiger partial charge in [-0.25, -0.2) is 9.59 Å². The molecule has 0 unspecified atom stereocenters. The van der Waals surface area contributed by atoms with Gasteiger partial charge in [0, 0.05) is 0 Å². The fraction of sp³-hybridized carbons (Fsp3) is 0.182. The molecule has 5 nitrogen and oxygen atoms in total. The Morgan fingerprint density at radius 1 is 0.941 bits per heavy atom. The summed E-state index contributed by atoms with van der Waals surface area (Å²) in [7, 11) is 0. The van der Waals surface area contributed by atoms with E-state index in [2.05, 4.69) is 0 Å². The minimum absolute atomic E-state index is 0. The third-order valence-electron chi connectivity index (χ3n) is 1.39. The summed E-state index contributed by atoms with van der Waals surface area (Å²) in [5.41, 5.74) is -0.380. The van der Waals surface area contributed by atoms with Gasteiger partial charge in [0.05, 0.1) is 11.1 Å². The average Bonchev–Trinajstić information content (AvgIpc) is 2.16. The van der Waals surface area contributed by atoms with Gasteiger partial charge in [0.25, 0.3) is 0 Å². The van der Waals surface area contributed by atoms with Crippen molar-refractivity contribution >= 4 is 17.7 Å². The molecule has 1 aromatic rings. The Hall–Kier alpha value is -0.534. The van der Waals surface area contributed by atoms with Crippen LogP contribution in [0.4, 0.5) is 0 Å². The molecule has 0 spiro atoms. The summed E-state index contributed by atoms with van der Waals surface area (Å²) >= 11 is 0. The zero-order valence-electron chi connectivity index (χ0n) is 10.9. The Kier molecular flexibility index (Phi) is 10.5. The van der Waals surface area contributed by atoms with Crippen molar-refractivity contribution in [2.45, 2.75) is 13.8 Å². The van der Waals surface area contributed by atoms with E-state index in [9.17, 15) is 14.4 Å². The van der Waals surface area contributed by atoms with Crippen molar-refractivity contribution in [2.24, 2.45) is 0 Å². The van der Waals surface area contributed by atoms with E-state index in [0.717, 1.165) is 0 Å². The van der Waals surface area contributed by atoms with Crippen molar-refractivity contribution in [2.75, 3.05) is 0 Å². The second-order valence-electron chi connectivity index (χ2n) is 3.06. The van der Waals surface area contributed by atoms with Crippen LogP contribution < -0.4 is 51.4 Å². The van der Waals surface area contributed by atoms with E-state index in [0.29, 0.717) is 0 Å². The number of Topliss-reactive ketones (excluding diaryl/α,β-unsaturated/α-hetero) is 1. The molecule has 1 rings (SSSR count). The largest absolute Gasteiger partial charge is 1.00 e. The van der Waals surface area contributed by atoms with E-state index in [4.69, 9.17) is 10.2 Å². The number of rotatable bonds is 2. The Bertz CT molecular complexity index is 383. The number of carbonyl (C=O) groups excluding carboxylic acids is 1. The number of benzene rings is 1. The second-order valence-corrected chi connectivity index (χ2v) is 3.06. The molecular weight excluding hydrogens is 251 g/mol. The maximum atomic E-state index is 10.5. The van der Waals surface area contributed by atoms with Crippen LogP contribution in [0.2, 0.25) is 0 Å². The van der Waals surface area contributed by atoms with Gasteiger partial charge in [-0.2, -0.15) is 0 Å². The van der Waals surface area contributed by atoms with Gasteiger partial charge in [0.2, 0.25) is 0 Å². The van der Waals surface area contributed by atoms with Crippen LogP contribution in [0.1, 0.15) is 36.0 Å². The zero-order valence-corrected chi connectivity index (χ0v) is 13.1. The number of hydrogen-bond acceptors (Lipinski definition) is 3. The van der Waals surface area contributed by atoms with Crippen molar-refractivity contribution in [1.29, 1.82) is 0 Å². The number of hydrogen-bond donors (Lipinski definition) is 2. The molecule has 0 aliphatic rings. The molecule has 0 aliphatic heterocycles. The smallest absolute Gasteiger partial charge is 1.00 e. The molecule has 88 valence electrons. The summed E-state index contributed by atoms with van der Waals surface area (Å²) < 4.78 is 0. The predicted molar refractivity (Wildman–Crippen MR) is 57.8 cm³/mol. The van der Waals surface area contributed by atoms with Gasteiger partial charge in [-0.15, -0.1) is 0 Å². The number of ketones is 1. The number of carboxylic acids is 2. The summed E-state index contributed by atoms with van der Waals surface area (Å²) in [6.07, 6.45) is 0. The fourth-order valence-electron chi connectivity index (χ4n) is 0.856. The summed E-state index contributed by atoms with van der Waals surface area (Å²) in [6.45, 7) is 3.06. The molecule has 0 saturated heterocycles. The first kappa shape index (κ1) is 18.8. The zero-order chi connectivity index (χ0) is 12.7. The van der Waals surface area contributed by atoms with Gasteiger partial charge in [-0.3, -0.25) is 0 Å². The van der Waals surface area contributed by atoms with Crippen LogP contribution in [-0.4, -0.2) is 27.9 Å². The van der Waals surface area contributed by atoms with Crippen molar-refractivity contribution in [3.8, 4) is 0 Å². The van der Waals surface area contributed by atoms with Gasteiger partial charge >= 0.3 is 63.3 Å². The minimum atomic E-state index is -1.23. The van der Waals surface area contributed by atoms with Crippen molar-refractivity contribution in [1.82, 2.24) is 0 Å². The topological polar surface area (TPSA) is 91.7 Å². The van der Waals surface area contributed by atoms with E-state index in [1.807, 2.05) is 0 Å². The van der Waals surface area contributed by atoms with Crippen LogP contribution >= 0.6 is 0 Å². The van der Waals surface area contributed by atoms with Crippen LogP contribution in [0, 0.1) is 0 Å². The van der Waals surface area contributed by atoms with Crippen molar-refractivity contribution in [3.63, 3.8) is 0 Å². The Morgan fingerprint density at radius 3 is 1.35 bits per heavy atom. The second kappa shape index (κ2) is 9.49. The summed E-state index contributed by atoms with van der Waals surface area (Å²) in [5, 5.41) is 17.1.